The molecule has 0 aliphatic carbocycles. The summed E-state index contributed by atoms with van der Waals surface area (Å²) in [5, 5.41) is 6.46. The third kappa shape index (κ3) is 3.35. The monoisotopic (exact) mass is 334 g/mol. The third-order valence-electron chi connectivity index (χ3n) is 4.17. The summed E-state index contributed by atoms with van der Waals surface area (Å²) >= 11 is 7.59. The van der Waals surface area contributed by atoms with Crippen molar-refractivity contribution in [3.8, 4) is 0 Å². The van der Waals surface area contributed by atoms with E-state index in [1.54, 1.807) is 11.3 Å². The SMILES string of the molecule is CC(NC(=O)C1CNCC1c1ccc(Cl)s1)c1ccccc1. The van der Waals surface area contributed by atoms with Crippen LogP contribution in [-0.4, -0.2) is 19.0 Å². The number of benzene rings is 1. The molecule has 1 saturated heterocycles. The van der Waals surface area contributed by atoms with Gasteiger partial charge in [-0.2, -0.15) is 0 Å². The Labute approximate surface area is 139 Å². The quantitative estimate of drug-likeness (QED) is 0.897. The Hall–Kier alpha value is -1.36. The number of hydrogen-bond donors (Lipinski definition) is 2. The fraction of sp³-hybridized carbons (Fsp3) is 0.353. The molecular formula is C17H19ClN2OS. The van der Waals surface area contributed by atoms with Gasteiger partial charge < -0.3 is 10.6 Å². The summed E-state index contributed by atoms with van der Waals surface area (Å²) in [6.45, 7) is 3.56. The second-order valence-corrected chi connectivity index (χ2v) is 7.40. The minimum absolute atomic E-state index is 0.0156. The van der Waals surface area contributed by atoms with E-state index < -0.39 is 0 Å². The Morgan fingerprint density at radius 1 is 1.27 bits per heavy atom. The van der Waals surface area contributed by atoms with Gasteiger partial charge >= 0.3 is 0 Å². The van der Waals surface area contributed by atoms with Gasteiger partial charge in [0.1, 0.15) is 0 Å². The van der Waals surface area contributed by atoms with E-state index in [0.29, 0.717) is 6.54 Å². The minimum atomic E-state index is -0.0409. The zero-order chi connectivity index (χ0) is 15.5. The van der Waals surface area contributed by atoms with Crippen LogP contribution in [0.15, 0.2) is 42.5 Å². The summed E-state index contributed by atoms with van der Waals surface area (Å²) in [5.41, 5.74) is 1.12. The second-order valence-electron chi connectivity index (χ2n) is 5.65. The first-order valence-corrected chi connectivity index (χ1v) is 8.66. The smallest absolute Gasteiger partial charge is 0.225 e. The summed E-state index contributed by atoms with van der Waals surface area (Å²) in [7, 11) is 0. The van der Waals surface area contributed by atoms with E-state index in [-0.39, 0.29) is 23.8 Å². The molecule has 3 nitrogen and oxygen atoms in total. The van der Waals surface area contributed by atoms with Gasteiger partial charge in [-0.3, -0.25) is 4.79 Å². The standard InChI is InChI=1S/C17H19ClN2OS/c1-11(12-5-3-2-4-6-12)20-17(21)14-10-19-9-13(14)15-7-8-16(18)22-15/h2-8,11,13-14,19H,9-10H2,1H3,(H,20,21). The van der Waals surface area contributed by atoms with Gasteiger partial charge in [0.25, 0.3) is 0 Å². The first-order valence-electron chi connectivity index (χ1n) is 7.46. The van der Waals surface area contributed by atoms with Crippen LogP contribution in [-0.2, 0) is 4.79 Å². The molecule has 22 heavy (non-hydrogen) atoms. The van der Waals surface area contributed by atoms with E-state index in [9.17, 15) is 4.79 Å². The van der Waals surface area contributed by atoms with Gasteiger partial charge in [-0.1, -0.05) is 41.9 Å². The molecule has 3 atom stereocenters. The lowest BCUT2D eigenvalue weighted by Crippen LogP contribution is -2.35. The number of nitrogens with one attached hydrogen (secondary N) is 2. The van der Waals surface area contributed by atoms with Gasteiger partial charge in [-0.25, -0.2) is 0 Å². The number of halogens is 1. The van der Waals surface area contributed by atoms with Crippen molar-refractivity contribution in [2.45, 2.75) is 18.9 Å². The molecule has 1 aliphatic heterocycles. The van der Waals surface area contributed by atoms with Crippen LogP contribution < -0.4 is 10.6 Å². The molecule has 1 aliphatic rings. The van der Waals surface area contributed by atoms with E-state index in [1.165, 1.54) is 4.88 Å². The van der Waals surface area contributed by atoms with Crippen LogP contribution in [0.2, 0.25) is 4.34 Å². The molecule has 1 amide bonds. The molecule has 2 N–H and O–H groups in total. The predicted molar refractivity (Wildman–Crippen MR) is 91.4 cm³/mol. The van der Waals surface area contributed by atoms with Crippen molar-refractivity contribution < 1.29 is 4.79 Å². The largest absolute Gasteiger partial charge is 0.349 e. The highest BCUT2D eigenvalue weighted by Gasteiger charge is 2.35. The molecule has 1 aromatic heterocycles. The zero-order valence-electron chi connectivity index (χ0n) is 12.4. The topological polar surface area (TPSA) is 41.1 Å². The summed E-state index contributed by atoms with van der Waals surface area (Å²) < 4.78 is 0.777. The highest BCUT2D eigenvalue weighted by Crippen LogP contribution is 2.35. The molecule has 0 bridgehead atoms. The van der Waals surface area contributed by atoms with Crippen molar-refractivity contribution in [1.29, 1.82) is 0 Å². The number of amides is 1. The molecule has 0 spiro atoms. The number of carbonyl (C=O) groups is 1. The summed E-state index contributed by atoms with van der Waals surface area (Å²) in [6, 6.07) is 14.0. The third-order valence-corrected chi connectivity index (χ3v) is 5.53. The Balaban J connectivity index is 1.69. The summed E-state index contributed by atoms with van der Waals surface area (Å²) in [6.07, 6.45) is 0. The van der Waals surface area contributed by atoms with Gasteiger partial charge in [-0.05, 0) is 24.6 Å². The number of carbonyl (C=O) groups excluding carboxylic acids is 1. The Morgan fingerprint density at radius 2 is 2.05 bits per heavy atom. The van der Waals surface area contributed by atoms with Crippen LogP contribution in [0, 0.1) is 5.92 Å². The van der Waals surface area contributed by atoms with Crippen LogP contribution in [0.4, 0.5) is 0 Å². The van der Waals surface area contributed by atoms with Gasteiger partial charge in [0, 0.05) is 23.9 Å². The van der Waals surface area contributed by atoms with E-state index in [0.717, 1.165) is 16.4 Å². The molecule has 1 aromatic carbocycles. The zero-order valence-corrected chi connectivity index (χ0v) is 14.0. The summed E-state index contributed by atoms with van der Waals surface area (Å²) in [5.74, 6) is 0.275. The normalized spacial score (nSPS) is 22.5. The molecule has 2 heterocycles. The van der Waals surface area contributed by atoms with E-state index in [4.69, 9.17) is 11.6 Å². The molecular weight excluding hydrogens is 316 g/mol. The van der Waals surface area contributed by atoms with Crippen LogP contribution in [0.25, 0.3) is 0 Å². The van der Waals surface area contributed by atoms with Crippen molar-refractivity contribution in [2.75, 3.05) is 13.1 Å². The number of thiophene rings is 1. The lowest BCUT2D eigenvalue weighted by atomic mass is 9.93. The fourth-order valence-corrected chi connectivity index (χ4v) is 4.15. The van der Waals surface area contributed by atoms with Gasteiger partial charge in [-0.15, -0.1) is 11.3 Å². The van der Waals surface area contributed by atoms with Gasteiger partial charge in [0.15, 0.2) is 0 Å². The fourth-order valence-electron chi connectivity index (χ4n) is 2.93. The van der Waals surface area contributed by atoms with Crippen molar-refractivity contribution in [3.63, 3.8) is 0 Å². The average molecular weight is 335 g/mol. The molecule has 0 radical (unpaired) electrons. The first-order chi connectivity index (χ1) is 10.6. The van der Waals surface area contributed by atoms with Crippen molar-refractivity contribution in [2.24, 2.45) is 5.92 Å². The van der Waals surface area contributed by atoms with E-state index >= 15 is 0 Å². The molecule has 1 fully saturated rings. The lowest BCUT2D eigenvalue weighted by molar-refractivity contribution is -0.125. The van der Waals surface area contributed by atoms with E-state index in [2.05, 4.69) is 10.6 Å². The highest BCUT2D eigenvalue weighted by atomic mass is 35.5. The molecule has 2 aromatic rings. The maximum Gasteiger partial charge on any atom is 0.225 e. The van der Waals surface area contributed by atoms with Gasteiger partial charge in [0.05, 0.1) is 16.3 Å². The molecule has 0 saturated carbocycles. The van der Waals surface area contributed by atoms with Crippen molar-refractivity contribution >= 4 is 28.8 Å². The second kappa shape index (κ2) is 6.82. The Kier molecular flexibility index (Phi) is 4.81. The minimum Gasteiger partial charge on any atom is -0.349 e. The van der Waals surface area contributed by atoms with Crippen molar-refractivity contribution in [3.05, 3.63) is 57.2 Å². The number of hydrogen-bond acceptors (Lipinski definition) is 3. The maximum absolute atomic E-state index is 12.6. The maximum atomic E-state index is 12.6. The van der Waals surface area contributed by atoms with Crippen LogP contribution in [0.3, 0.4) is 0 Å². The lowest BCUT2D eigenvalue weighted by Gasteiger charge is -2.20. The Bertz CT molecular complexity index is 643. The number of rotatable bonds is 4. The highest BCUT2D eigenvalue weighted by molar-refractivity contribution is 7.16. The first kappa shape index (κ1) is 15.5. The Morgan fingerprint density at radius 3 is 2.73 bits per heavy atom. The van der Waals surface area contributed by atoms with Crippen LogP contribution >= 0.6 is 22.9 Å². The summed E-state index contributed by atoms with van der Waals surface area (Å²) in [4.78, 5) is 13.8. The van der Waals surface area contributed by atoms with E-state index in [1.807, 2.05) is 49.4 Å². The van der Waals surface area contributed by atoms with Crippen molar-refractivity contribution in [1.82, 2.24) is 10.6 Å². The molecule has 3 rings (SSSR count). The molecule has 116 valence electrons. The van der Waals surface area contributed by atoms with Crippen LogP contribution in [0.1, 0.15) is 29.3 Å². The predicted octanol–water partition coefficient (Wildman–Crippen LogP) is 3.58. The molecule has 5 heteroatoms. The van der Waals surface area contributed by atoms with Gasteiger partial charge in [0.2, 0.25) is 5.91 Å². The average Bonchev–Trinajstić information content (AvgIpc) is 3.16. The molecule has 3 unspecified atom stereocenters. The van der Waals surface area contributed by atoms with Crippen LogP contribution in [0.5, 0.6) is 0 Å².